The molecule has 3 rings (SSSR count). The van der Waals surface area contributed by atoms with Gasteiger partial charge in [-0.2, -0.15) is 0 Å². The van der Waals surface area contributed by atoms with E-state index in [1.165, 1.54) is 9.80 Å². The van der Waals surface area contributed by atoms with E-state index in [1.807, 2.05) is 0 Å². The molecular formula is C16H12Br4N2O4. The monoisotopic (exact) mass is 612 g/mol. The molecule has 0 saturated carbocycles. The summed E-state index contributed by atoms with van der Waals surface area (Å²) >= 11 is 12.8. The molecule has 1 aromatic carbocycles. The average molecular weight is 616 g/mol. The molecule has 4 atom stereocenters. The summed E-state index contributed by atoms with van der Waals surface area (Å²) in [5.74, 6) is -1.18. The van der Waals surface area contributed by atoms with Gasteiger partial charge in [0.2, 0.25) is 23.6 Å². The summed E-state index contributed by atoms with van der Waals surface area (Å²) in [4.78, 5) is 48.7. The molecule has 2 saturated heterocycles. The Balaban J connectivity index is 1.75. The molecule has 2 heterocycles. The Labute approximate surface area is 183 Å². The highest BCUT2D eigenvalue weighted by Crippen LogP contribution is 2.29. The van der Waals surface area contributed by atoms with Crippen molar-refractivity contribution in [2.24, 2.45) is 0 Å². The Morgan fingerprint density at radius 2 is 0.962 bits per heavy atom. The first kappa shape index (κ1) is 20.2. The number of nitrogens with zero attached hydrogens (tertiary/aromatic N) is 2. The summed E-state index contributed by atoms with van der Waals surface area (Å²) < 4.78 is 0. The van der Waals surface area contributed by atoms with Crippen LogP contribution in [0.15, 0.2) is 24.3 Å². The summed E-state index contributed by atoms with van der Waals surface area (Å²) in [7, 11) is 0. The third-order valence-corrected chi connectivity index (χ3v) is 9.29. The van der Waals surface area contributed by atoms with Crippen molar-refractivity contribution < 1.29 is 19.2 Å². The second-order valence-electron chi connectivity index (χ2n) is 5.95. The lowest BCUT2D eigenvalue weighted by Gasteiger charge is -2.17. The van der Waals surface area contributed by atoms with E-state index in [-0.39, 0.29) is 36.7 Å². The van der Waals surface area contributed by atoms with Crippen LogP contribution in [0.2, 0.25) is 0 Å². The zero-order chi connectivity index (χ0) is 19.2. The largest absolute Gasteiger partial charge is 0.276 e. The summed E-state index contributed by atoms with van der Waals surface area (Å²) in [6.07, 6.45) is 0. The van der Waals surface area contributed by atoms with Crippen LogP contribution in [0, 0.1) is 0 Å². The zero-order valence-electron chi connectivity index (χ0n) is 13.1. The number of carbonyl (C=O) groups excluding carboxylic acids is 4. The van der Waals surface area contributed by atoms with Crippen LogP contribution in [0.1, 0.15) is 11.1 Å². The normalized spacial score (nSPS) is 29.2. The van der Waals surface area contributed by atoms with Crippen molar-refractivity contribution in [1.82, 2.24) is 9.80 Å². The van der Waals surface area contributed by atoms with E-state index in [2.05, 4.69) is 63.7 Å². The topological polar surface area (TPSA) is 74.8 Å². The number of alkyl halides is 4. The van der Waals surface area contributed by atoms with Gasteiger partial charge in [-0.15, -0.1) is 0 Å². The maximum atomic E-state index is 12.2. The highest BCUT2D eigenvalue weighted by Gasteiger charge is 2.46. The smallest absolute Gasteiger partial charge is 0.244 e. The van der Waals surface area contributed by atoms with E-state index in [0.29, 0.717) is 0 Å². The van der Waals surface area contributed by atoms with E-state index in [4.69, 9.17) is 0 Å². The third-order valence-electron chi connectivity index (χ3n) is 4.19. The van der Waals surface area contributed by atoms with Crippen LogP contribution in [0.5, 0.6) is 0 Å². The zero-order valence-corrected chi connectivity index (χ0v) is 19.4. The lowest BCUT2D eigenvalue weighted by atomic mass is 10.1. The number of likely N-dealkylation sites (tertiary alicyclic amines) is 2. The third kappa shape index (κ3) is 3.57. The second kappa shape index (κ2) is 7.81. The van der Waals surface area contributed by atoms with Crippen molar-refractivity contribution in [2.75, 3.05) is 0 Å². The van der Waals surface area contributed by atoms with Gasteiger partial charge in [0.05, 0.1) is 13.1 Å². The van der Waals surface area contributed by atoms with E-state index >= 15 is 0 Å². The fourth-order valence-corrected chi connectivity index (χ4v) is 4.71. The number of imide groups is 2. The fraction of sp³-hybridized carbons (Fsp3) is 0.375. The van der Waals surface area contributed by atoms with Gasteiger partial charge < -0.3 is 0 Å². The Morgan fingerprint density at radius 3 is 1.27 bits per heavy atom. The Bertz CT molecular complexity index is 701. The molecule has 26 heavy (non-hydrogen) atoms. The second-order valence-corrected chi connectivity index (χ2v) is 9.90. The predicted octanol–water partition coefficient (Wildman–Crippen LogP) is 2.48. The molecular weight excluding hydrogens is 604 g/mol. The van der Waals surface area contributed by atoms with Gasteiger partial charge in [-0.3, -0.25) is 29.0 Å². The minimum atomic E-state index is -0.579. The van der Waals surface area contributed by atoms with E-state index < -0.39 is 19.3 Å². The molecule has 6 nitrogen and oxygen atoms in total. The summed E-state index contributed by atoms with van der Waals surface area (Å²) in [5, 5.41) is 0. The first-order valence-electron chi connectivity index (χ1n) is 7.57. The van der Waals surface area contributed by atoms with Gasteiger partial charge >= 0.3 is 0 Å². The highest BCUT2D eigenvalue weighted by atomic mass is 79.9. The van der Waals surface area contributed by atoms with Crippen LogP contribution >= 0.6 is 63.7 Å². The number of carbonyl (C=O) groups is 4. The van der Waals surface area contributed by atoms with Crippen LogP contribution in [0.25, 0.3) is 0 Å². The van der Waals surface area contributed by atoms with Crippen LogP contribution in [-0.2, 0) is 32.3 Å². The first-order chi connectivity index (χ1) is 12.2. The van der Waals surface area contributed by atoms with Gasteiger partial charge in [-0.05, 0) is 11.1 Å². The number of amides is 4. The molecule has 10 heteroatoms. The number of rotatable bonds is 4. The van der Waals surface area contributed by atoms with Crippen molar-refractivity contribution in [1.29, 1.82) is 0 Å². The van der Waals surface area contributed by atoms with Crippen LogP contribution < -0.4 is 0 Å². The van der Waals surface area contributed by atoms with Gasteiger partial charge in [-0.1, -0.05) is 88.0 Å². The summed E-state index contributed by atoms with van der Waals surface area (Å²) in [5.41, 5.74) is 1.49. The van der Waals surface area contributed by atoms with E-state index in [9.17, 15) is 19.2 Å². The lowest BCUT2D eigenvalue weighted by Crippen LogP contribution is -2.31. The summed E-state index contributed by atoms with van der Waals surface area (Å²) in [6.45, 7) is 0.277. The number of hydrogen-bond acceptors (Lipinski definition) is 4. The van der Waals surface area contributed by atoms with Gasteiger partial charge in [0.15, 0.2) is 0 Å². The molecule has 0 radical (unpaired) electrons. The van der Waals surface area contributed by atoms with Crippen molar-refractivity contribution in [3.05, 3.63) is 35.4 Å². The molecule has 0 aliphatic carbocycles. The van der Waals surface area contributed by atoms with Crippen molar-refractivity contribution >= 4 is 87.3 Å². The molecule has 0 N–H and O–H groups in total. The average Bonchev–Trinajstić information content (AvgIpc) is 2.92. The molecule has 2 fully saturated rings. The van der Waals surface area contributed by atoms with Gasteiger partial charge in [0, 0.05) is 0 Å². The molecule has 1 aromatic rings. The SMILES string of the molecule is O=C1C(Br)C(Br)C(=O)N1Cc1cccc(CN2C(=O)C(Br)C(Br)C2=O)c1. The van der Waals surface area contributed by atoms with Crippen molar-refractivity contribution in [3.8, 4) is 0 Å². The molecule has 2 aliphatic heterocycles. The molecule has 0 bridgehead atoms. The number of benzene rings is 1. The van der Waals surface area contributed by atoms with Gasteiger partial charge in [-0.25, -0.2) is 0 Å². The van der Waals surface area contributed by atoms with Crippen molar-refractivity contribution in [2.45, 2.75) is 32.4 Å². The molecule has 138 valence electrons. The lowest BCUT2D eigenvalue weighted by molar-refractivity contribution is -0.140. The Kier molecular flexibility index (Phi) is 6.05. The molecule has 4 amide bonds. The van der Waals surface area contributed by atoms with Crippen LogP contribution in [0.3, 0.4) is 0 Å². The first-order valence-corrected chi connectivity index (χ1v) is 11.2. The predicted molar refractivity (Wildman–Crippen MR) is 108 cm³/mol. The van der Waals surface area contributed by atoms with Gasteiger partial charge in [0.25, 0.3) is 0 Å². The highest BCUT2D eigenvalue weighted by molar-refractivity contribution is 9.13. The van der Waals surface area contributed by atoms with Crippen LogP contribution in [-0.4, -0.2) is 52.7 Å². The number of halogens is 4. The van der Waals surface area contributed by atoms with Gasteiger partial charge in [0.1, 0.15) is 19.3 Å². The fourth-order valence-electron chi connectivity index (χ4n) is 2.82. The van der Waals surface area contributed by atoms with E-state index in [1.54, 1.807) is 24.3 Å². The molecule has 4 unspecified atom stereocenters. The molecule has 0 spiro atoms. The van der Waals surface area contributed by atoms with E-state index in [0.717, 1.165) is 11.1 Å². The Morgan fingerprint density at radius 1 is 0.654 bits per heavy atom. The van der Waals surface area contributed by atoms with Crippen molar-refractivity contribution in [3.63, 3.8) is 0 Å². The maximum Gasteiger partial charge on any atom is 0.244 e. The Hall–Kier alpha value is -0.580. The number of hydrogen-bond donors (Lipinski definition) is 0. The maximum absolute atomic E-state index is 12.2. The quantitative estimate of drug-likeness (QED) is 0.386. The summed E-state index contributed by atoms with van der Waals surface area (Å²) in [6, 6.07) is 7.15. The minimum absolute atomic E-state index is 0.139. The molecule has 2 aliphatic rings. The van der Waals surface area contributed by atoms with Crippen LogP contribution in [0.4, 0.5) is 0 Å². The molecule has 0 aromatic heterocycles. The minimum Gasteiger partial charge on any atom is -0.276 e. The standard InChI is InChI=1S/C16H12Br4N2O4/c17-9-10(18)14(24)21(13(9)23)5-7-2-1-3-8(4-7)6-22-15(25)11(19)12(20)16(22)26/h1-4,9-12H,5-6H2.